The van der Waals surface area contributed by atoms with Crippen LogP contribution in [-0.2, 0) is 16.6 Å². The van der Waals surface area contributed by atoms with Crippen LogP contribution in [0.1, 0.15) is 18.4 Å². The number of rotatable bonds is 4. The number of aliphatic hydroxyl groups excluding tert-OH is 1. The van der Waals surface area contributed by atoms with Crippen molar-refractivity contribution in [2.75, 3.05) is 11.5 Å². The van der Waals surface area contributed by atoms with E-state index in [1.54, 1.807) is 12.1 Å². The fourth-order valence-corrected chi connectivity index (χ4v) is 4.29. The lowest BCUT2D eigenvalue weighted by Crippen LogP contribution is -2.37. The summed E-state index contributed by atoms with van der Waals surface area (Å²) in [6.07, 6.45) is 1.78. The largest absolute Gasteiger partial charge is 0.392 e. The van der Waals surface area contributed by atoms with Crippen LogP contribution < -0.4 is 4.72 Å². The summed E-state index contributed by atoms with van der Waals surface area (Å²) in [5, 5.41) is 8.92. The van der Waals surface area contributed by atoms with Crippen LogP contribution in [0.15, 0.2) is 29.2 Å². The van der Waals surface area contributed by atoms with Crippen molar-refractivity contribution in [2.45, 2.75) is 30.4 Å². The summed E-state index contributed by atoms with van der Waals surface area (Å²) in [6, 6.07) is 6.38. The van der Waals surface area contributed by atoms with Gasteiger partial charge in [0.05, 0.1) is 11.5 Å². The molecule has 0 aliphatic carbocycles. The Morgan fingerprint density at radius 1 is 1.22 bits per heavy atom. The molecule has 1 aliphatic heterocycles. The number of thioether (sulfide) groups is 1. The van der Waals surface area contributed by atoms with Crippen molar-refractivity contribution in [3.05, 3.63) is 29.8 Å². The third kappa shape index (κ3) is 3.47. The Hall–Kier alpha value is -0.560. The molecule has 18 heavy (non-hydrogen) atoms. The molecule has 4 nitrogen and oxygen atoms in total. The van der Waals surface area contributed by atoms with E-state index in [0.717, 1.165) is 24.3 Å². The molecule has 0 atom stereocenters. The molecule has 0 radical (unpaired) electrons. The summed E-state index contributed by atoms with van der Waals surface area (Å²) in [5.74, 6) is 2.02. The van der Waals surface area contributed by atoms with E-state index >= 15 is 0 Å². The summed E-state index contributed by atoms with van der Waals surface area (Å²) in [7, 11) is -3.43. The van der Waals surface area contributed by atoms with Crippen molar-refractivity contribution in [1.82, 2.24) is 4.72 Å². The maximum absolute atomic E-state index is 12.1. The molecule has 1 heterocycles. The lowest BCUT2D eigenvalue weighted by Gasteiger charge is -2.22. The quantitative estimate of drug-likeness (QED) is 0.877. The number of sulfonamides is 1. The van der Waals surface area contributed by atoms with E-state index in [9.17, 15) is 8.42 Å². The zero-order valence-electron chi connectivity index (χ0n) is 10.0. The Kier molecular flexibility index (Phi) is 4.66. The van der Waals surface area contributed by atoms with E-state index in [1.807, 2.05) is 11.8 Å². The average molecular weight is 287 g/mol. The smallest absolute Gasteiger partial charge is 0.240 e. The van der Waals surface area contributed by atoms with Crippen LogP contribution in [0.2, 0.25) is 0 Å². The minimum Gasteiger partial charge on any atom is -0.392 e. The van der Waals surface area contributed by atoms with Gasteiger partial charge in [0.15, 0.2) is 0 Å². The lowest BCUT2D eigenvalue weighted by atomic mass is 10.2. The van der Waals surface area contributed by atoms with Crippen LogP contribution in [0.3, 0.4) is 0 Å². The van der Waals surface area contributed by atoms with Gasteiger partial charge in [0.2, 0.25) is 10.0 Å². The van der Waals surface area contributed by atoms with Crippen LogP contribution in [0.25, 0.3) is 0 Å². The fourth-order valence-electron chi connectivity index (χ4n) is 1.88. The molecule has 1 aromatic carbocycles. The van der Waals surface area contributed by atoms with Gasteiger partial charge in [0, 0.05) is 6.04 Å². The molecule has 6 heteroatoms. The molecular formula is C12H17NO3S2. The third-order valence-corrected chi connectivity index (χ3v) is 5.54. The monoisotopic (exact) mass is 287 g/mol. The first kappa shape index (κ1) is 13.9. The Morgan fingerprint density at radius 3 is 2.39 bits per heavy atom. The molecular weight excluding hydrogens is 270 g/mol. The van der Waals surface area contributed by atoms with E-state index in [0.29, 0.717) is 5.56 Å². The van der Waals surface area contributed by atoms with Gasteiger partial charge in [0.1, 0.15) is 0 Å². The van der Waals surface area contributed by atoms with E-state index in [1.165, 1.54) is 12.1 Å². The highest BCUT2D eigenvalue weighted by molar-refractivity contribution is 7.99. The minimum atomic E-state index is -3.43. The van der Waals surface area contributed by atoms with Gasteiger partial charge < -0.3 is 5.11 Å². The van der Waals surface area contributed by atoms with Gasteiger partial charge in [-0.25, -0.2) is 13.1 Å². The predicted octanol–water partition coefficient (Wildman–Crippen LogP) is 1.35. The predicted molar refractivity (Wildman–Crippen MR) is 73.0 cm³/mol. The van der Waals surface area contributed by atoms with E-state index in [-0.39, 0.29) is 17.5 Å². The molecule has 100 valence electrons. The molecule has 0 amide bonds. The van der Waals surface area contributed by atoms with E-state index in [4.69, 9.17) is 5.11 Å². The number of aliphatic hydroxyl groups is 1. The van der Waals surface area contributed by atoms with Gasteiger partial charge in [-0.1, -0.05) is 12.1 Å². The minimum absolute atomic E-state index is 0.0498. The standard InChI is InChI=1S/C12H17NO3S2/c14-9-10-1-3-12(4-2-10)18(15,16)13-11-5-7-17-8-6-11/h1-4,11,13-14H,5-9H2. The van der Waals surface area contributed by atoms with Crippen LogP contribution in [0, 0.1) is 0 Å². The summed E-state index contributed by atoms with van der Waals surface area (Å²) in [5.41, 5.74) is 0.711. The van der Waals surface area contributed by atoms with Gasteiger partial charge >= 0.3 is 0 Å². The fraction of sp³-hybridized carbons (Fsp3) is 0.500. The van der Waals surface area contributed by atoms with Crippen LogP contribution >= 0.6 is 11.8 Å². The van der Waals surface area contributed by atoms with Crippen molar-refractivity contribution < 1.29 is 13.5 Å². The molecule has 0 unspecified atom stereocenters. The number of nitrogens with one attached hydrogen (secondary N) is 1. The molecule has 1 saturated heterocycles. The topological polar surface area (TPSA) is 66.4 Å². The SMILES string of the molecule is O=S(=O)(NC1CCSCC1)c1ccc(CO)cc1. The van der Waals surface area contributed by atoms with Gasteiger partial charge in [0.25, 0.3) is 0 Å². The maximum Gasteiger partial charge on any atom is 0.240 e. The van der Waals surface area contributed by atoms with Gasteiger partial charge in [-0.15, -0.1) is 0 Å². The second kappa shape index (κ2) is 6.06. The van der Waals surface area contributed by atoms with E-state index < -0.39 is 10.0 Å². The normalized spacial score (nSPS) is 17.8. The lowest BCUT2D eigenvalue weighted by molar-refractivity contribution is 0.282. The summed E-state index contributed by atoms with van der Waals surface area (Å²) < 4.78 is 27.0. The Labute approximate surface area is 112 Å². The molecule has 1 aromatic rings. The third-order valence-electron chi connectivity index (χ3n) is 2.96. The summed E-state index contributed by atoms with van der Waals surface area (Å²) >= 11 is 1.86. The molecule has 1 fully saturated rings. The molecule has 0 bridgehead atoms. The average Bonchev–Trinajstić information content (AvgIpc) is 2.39. The van der Waals surface area contributed by atoms with Crippen molar-refractivity contribution in [1.29, 1.82) is 0 Å². The number of hydrogen-bond acceptors (Lipinski definition) is 4. The van der Waals surface area contributed by atoms with Gasteiger partial charge in [-0.3, -0.25) is 0 Å². The van der Waals surface area contributed by atoms with Crippen molar-refractivity contribution in [3.63, 3.8) is 0 Å². The van der Waals surface area contributed by atoms with Gasteiger partial charge in [-0.2, -0.15) is 11.8 Å². The highest BCUT2D eigenvalue weighted by atomic mass is 32.2. The Bertz CT molecular complexity index is 479. The molecule has 0 aromatic heterocycles. The van der Waals surface area contributed by atoms with Crippen LogP contribution in [0.5, 0.6) is 0 Å². The zero-order chi connectivity index (χ0) is 13.0. The molecule has 2 N–H and O–H groups in total. The first-order valence-corrected chi connectivity index (χ1v) is 8.55. The molecule has 1 aliphatic rings. The van der Waals surface area contributed by atoms with Crippen molar-refractivity contribution in [2.24, 2.45) is 0 Å². The van der Waals surface area contributed by atoms with Crippen LogP contribution in [-0.4, -0.2) is 31.1 Å². The van der Waals surface area contributed by atoms with Crippen molar-refractivity contribution in [3.8, 4) is 0 Å². The van der Waals surface area contributed by atoms with Gasteiger partial charge in [-0.05, 0) is 42.0 Å². The maximum atomic E-state index is 12.1. The first-order chi connectivity index (χ1) is 8.62. The highest BCUT2D eigenvalue weighted by Gasteiger charge is 2.21. The highest BCUT2D eigenvalue weighted by Crippen LogP contribution is 2.19. The number of benzene rings is 1. The second-order valence-electron chi connectivity index (χ2n) is 4.31. The molecule has 2 rings (SSSR count). The first-order valence-electron chi connectivity index (χ1n) is 5.92. The molecule has 0 saturated carbocycles. The Balaban J connectivity index is 2.08. The second-order valence-corrected chi connectivity index (χ2v) is 7.25. The molecule has 0 spiro atoms. The number of hydrogen-bond donors (Lipinski definition) is 2. The summed E-state index contributed by atoms with van der Waals surface area (Å²) in [6.45, 7) is -0.0758. The van der Waals surface area contributed by atoms with Crippen molar-refractivity contribution >= 4 is 21.8 Å². The van der Waals surface area contributed by atoms with Crippen LogP contribution in [0.4, 0.5) is 0 Å². The van der Waals surface area contributed by atoms with E-state index in [2.05, 4.69) is 4.72 Å². The Morgan fingerprint density at radius 2 is 1.83 bits per heavy atom. The zero-order valence-corrected chi connectivity index (χ0v) is 11.6. The summed E-state index contributed by atoms with van der Waals surface area (Å²) in [4.78, 5) is 0.262.